The predicted molar refractivity (Wildman–Crippen MR) is 148 cm³/mol. The number of carbonyl (C=O) groups is 3. The molecule has 0 radical (unpaired) electrons. The second kappa shape index (κ2) is 19.7. The van der Waals surface area contributed by atoms with Crippen LogP contribution in [0, 0.1) is 5.92 Å². The first-order chi connectivity index (χ1) is 17.7. The van der Waals surface area contributed by atoms with E-state index in [9.17, 15) is 14.4 Å². The third-order valence-electron chi connectivity index (χ3n) is 6.32. The lowest BCUT2D eigenvalue weighted by Gasteiger charge is -2.22. The number of hydrogen-bond donors (Lipinski definition) is 2. The molecular formula is C30H50N2O5. The first kappa shape index (κ1) is 32.6. The van der Waals surface area contributed by atoms with Crippen LogP contribution in [-0.2, 0) is 30.5 Å². The van der Waals surface area contributed by atoms with Crippen LogP contribution in [0.5, 0.6) is 0 Å². The Balaban J connectivity index is 2.55. The number of unbranched alkanes of at least 4 members (excludes halogenated alkanes) is 8. The zero-order valence-electron chi connectivity index (χ0n) is 23.5. The Labute approximate surface area is 224 Å². The average molecular weight is 519 g/mol. The van der Waals surface area contributed by atoms with Gasteiger partial charge in [-0.15, -0.1) is 0 Å². The number of rotatable bonds is 20. The van der Waals surface area contributed by atoms with Gasteiger partial charge in [-0.1, -0.05) is 102 Å². The second-order valence-corrected chi connectivity index (χ2v) is 10.5. The van der Waals surface area contributed by atoms with E-state index in [1.54, 1.807) is 6.92 Å². The summed E-state index contributed by atoms with van der Waals surface area (Å²) in [5.74, 6) is -1.09. The summed E-state index contributed by atoms with van der Waals surface area (Å²) in [5, 5.41) is 2.64. The highest BCUT2D eigenvalue weighted by atomic mass is 16.6. The first-order valence-electron chi connectivity index (χ1n) is 14.2. The molecule has 7 nitrogen and oxygen atoms in total. The minimum Gasteiger partial charge on any atom is -0.461 e. The minimum atomic E-state index is -0.850. The Kier molecular flexibility index (Phi) is 17.3. The minimum absolute atomic E-state index is 0.0108. The Hall–Kier alpha value is -2.41. The molecule has 3 atom stereocenters. The number of amides is 1. The van der Waals surface area contributed by atoms with Crippen LogP contribution in [-0.4, -0.2) is 36.0 Å². The van der Waals surface area contributed by atoms with E-state index in [-0.39, 0.29) is 24.9 Å². The Morgan fingerprint density at radius 2 is 1.49 bits per heavy atom. The van der Waals surface area contributed by atoms with Gasteiger partial charge in [-0.2, -0.15) is 0 Å². The topological polar surface area (TPSA) is 108 Å². The summed E-state index contributed by atoms with van der Waals surface area (Å²) in [7, 11) is 0. The molecule has 210 valence electrons. The lowest BCUT2D eigenvalue weighted by Crippen LogP contribution is -2.48. The van der Waals surface area contributed by atoms with Crippen LogP contribution < -0.4 is 11.1 Å². The first-order valence-corrected chi connectivity index (χ1v) is 14.2. The monoisotopic (exact) mass is 518 g/mol. The fraction of sp³-hybridized carbons (Fsp3) is 0.700. The molecule has 1 aromatic rings. The van der Waals surface area contributed by atoms with Gasteiger partial charge in [-0.05, 0) is 37.7 Å². The fourth-order valence-corrected chi connectivity index (χ4v) is 4.13. The molecule has 0 aliphatic rings. The van der Waals surface area contributed by atoms with E-state index in [1.165, 1.54) is 38.5 Å². The van der Waals surface area contributed by atoms with Crippen LogP contribution in [0.15, 0.2) is 30.3 Å². The summed E-state index contributed by atoms with van der Waals surface area (Å²) in [5.41, 5.74) is 6.83. The van der Waals surface area contributed by atoms with E-state index < -0.39 is 30.1 Å². The molecule has 0 aliphatic heterocycles. The van der Waals surface area contributed by atoms with Gasteiger partial charge < -0.3 is 20.5 Å². The summed E-state index contributed by atoms with van der Waals surface area (Å²) in [6.07, 6.45) is 11.1. The van der Waals surface area contributed by atoms with Crippen LogP contribution in [0.4, 0.5) is 0 Å². The standard InChI is InChI=1S/C30H50N2O5/c1-5-6-7-8-9-10-11-12-16-19-26(21-28(33)36-22-25-17-14-13-15-18-25)37-30(35)24(4)32-29(34)27(31)20-23(2)3/h13-15,17-18,23-24,26-27H,5-12,16,19-22,31H2,1-4H3,(H,32,34)/t24-,26?,27+/m0/s1. The SMILES string of the molecule is CCCCCCCCCCCC(CC(=O)OCc1ccccc1)OC(=O)[C@H](C)NC(=O)[C@H](N)CC(C)C. The predicted octanol–water partition coefficient (Wildman–Crippen LogP) is 5.83. The third-order valence-corrected chi connectivity index (χ3v) is 6.32. The maximum absolute atomic E-state index is 12.7. The van der Waals surface area contributed by atoms with Gasteiger partial charge in [0, 0.05) is 0 Å². The summed E-state index contributed by atoms with van der Waals surface area (Å²) >= 11 is 0. The van der Waals surface area contributed by atoms with E-state index in [2.05, 4.69) is 12.2 Å². The number of nitrogens with two attached hydrogens (primary N) is 1. The summed E-state index contributed by atoms with van der Waals surface area (Å²) in [6.45, 7) is 7.94. The molecule has 0 fully saturated rings. The Morgan fingerprint density at radius 1 is 0.892 bits per heavy atom. The molecule has 7 heteroatoms. The number of carbonyl (C=O) groups excluding carboxylic acids is 3. The highest BCUT2D eigenvalue weighted by Gasteiger charge is 2.25. The second-order valence-electron chi connectivity index (χ2n) is 10.5. The maximum Gasteiger partial charge on any atom is 0.328 e. The van der Waals surface area contributed by atoms with Gasteiger partial charge in [0.15, 0.2) is 0 Å². The smallest absolute Gasteiger partial charge is 0.328 e. The molecule has 1 unspecified atom stereocenters. The molecule has 0 heterocycles. The van der Waals surface area contributed by atoms with Crippen molar-refractivity contribution in [3.8, 4) is 0 Å². The normalized spacial score (nSPS) is 13.6. The van der Waals surface area contributed by atoms with Gasteiger partial charge in [0.05, 0.1) is 12.5 Å². The molecule has 0 saturated carbocycles. The van der Waals surface area contributed by atoms with Gasteiger partial charge in [-0.3, -0.25) is 9.59 Å². The molecule has 0 aliphatic carbocycles. The van der Waals surface area contributed by atoms with E-state index in [0.717, 1.165) is 24.8 Å². The molecule has 0 spiro atoms. The number of nitrogens with one attached hydrogen (secondary N) is 1. The summed E-state index contributed by atoms with van der Waals surface area (Å²) < 4.78 is 11.1. The average Bonchev–Trinajstić information content (AvgIpc) is 2.86. The highest BCUT2D eigenvalue weighted by Crippen LogP contribution is 2.16. The van der Waals surface area contributed by atoms with Crippen molar-refractivity contribution in [3.05, 3.63) is 35.9 Å². The van der Waals surface area contributed by atoms with Crippen molar-refractivity contribution >= 4 is 17.8 Å². The third kappa shape index (κ3) is 16.1. The van der Waals surface area contributed by atoms with Crippen molar-refractivity contribution in [2.45, 2.75) is 130 Å². The Morgan fingerprint density at radius 3 is 2.08 bits per heavy atom. The van der Waals surface area contributed by atoms with E-state index >= 15 is 0 Å². The summed E-state index contributed by atoms with van der Waals surface area (Å²) in [6, 6.07) is 7.93. The van der Waals surface area contributed by atoms with Gasteiger partial charge in [0.2, 0.25) is 5.91 Å². The van der Waals surface area contributed by atoms with Gasteiger partial charge in [0.25, 0.3) is 0 Å². The molecule has 37 heavy (non-hydrogen) atoms. The number of hydrogen-bond acceptors (Lipinski definition) is 6. The quantitative estimate of drug-likeness (QED) is 0.166. The molecule has 0 saturated heterocycles. The van der Waals surface area contributed by atoms with Gasteiger partial charge in [-0.25, -0.2) is 4.79 Å². The van der Waals surface area contributed by atoms with Crippen molar-refractivity contribution in [1.82, 2.24) is 5.32 Å². The van der Waals surface area contributed by atoms with Crippen LogP contribution in [0.1, 0.15) is 110 Å². The molecule has 1 rings (SSSR count). The van der Waals surface area contributed by atoms with Crippen LogP contribution in [0.3, 0.4) is 0 Å². The number of ether oxygens (including phenoxy) is 2. The van der Waals surface area contributed by atoms with E-state index in [1.807, 2.05) is 44.2 Å². The molecule has 3 N–H and O–H groups in total. The largest absolute Gasteiger partial charge is 0.461 e. The van der Waals surface area contributed by atoms with E-state index in [0.29, 0.717) is 12.8 Å². The van der Waals surface area contributed by atoms with Crippen molar-refractivity contribution in [2.75, 3.05) is 0 Å². The van der Waals surface area contributed by atoms with Crippen molar-refractivity contribution in [2.24, 2.45) is 11.7 Å². The Bertz CT molecular complexity index is 768. The van der Waals surface area contributed by atoms with Crippen LogP contribution >= 0.6 is 0 Å². The lowest BCUT2D eigenvalue weighted by atomic mass is 10.0. The zero-order chi connectivity index (χ0) is 27.5. The van der Waals surface area contributed by atoms with Gasteiger partial charge >= 0.3 is 11.9 Å². The van der Waals surface area contributed by atoms with Crippen LogP contribution in [0.25, 0.3) is 0 Å². The van der Waals surface area contributed by atoms with Crippen molar-refractivity contribution in [1.29, 1.82) is 0 Å². The highest BCUT2D eigenvalue weighted by molar-refractivity contribution is 5.87. The zero-order valence-corrected chi connectivity index (χ0v) is 23.5. The molecule has 0 bridgehead atoms. The van der Waals surface area contributed by atoms with E-state index in [4.69, 9.17) is 15.2 Å². The fourth-order valence-electron chi connectivity index (χ4n) is 4.13. The van der Waals surface area contributed by atoms with Gasteiger partial charge in [0.1, 0.15) is 18.8 Å². The van der Waals surface area contributed by atoms with Crippen molar-refractivity contribution < 1.29 is 23.9 Å². The molecule has 1 amide bonds. The number of benzene rings is 1. The lowest BCUT2D eigenvalue weighted by molar-refractivity contribution is -0.158. The summed E-state index contributed by atoms with van der Waals surface area (Å²) in [4.78, 5) is 37.5. The van der Waals surface area contributed by atoms with Crippen LogP contribution in [0.2, 0.25) is 0 Å². The molecule has 1 aromatic carbocycles. The maximum atomic E-state index is 12.7. The number of esters is 2. The van der Waals surface area contributed by atoms with Crippen molar-refractivity contribution in [3.63, 3.8) is 0 Å². The molecular weight excluding hydrogens is 468 g/mol. The molecule has 0 aromatic heterocycles.